The molecule has 0 aliphatic rings. The first kappa shape index (κ1) is 24.1. The number of urea groups is 2. The van der Waals surface area contributed by atoms with Crippen LogP contribution in [0.1, 0.15) is 11.1 Å². The summed E-state index contributed by atoms with van der Waals surface area (Å²) in [6, 6.07) is 28.4. The first-order valence-corrected chi connectivity index (χ1v) is 11.5. The van der Waals surface area contributed by atoms with Gasteiger partial charge in [0.15, 0.2) is 0 Å². The lowest BCUT2D eigenvalue weighted by molar-refractivity contribution is 0.261. The van der Waals surface area contributed by atoms with Crippen LogP contribution in [0, 0.1) is 0 Å². The molecule has 0 fully saturated rings. The van der Waals surface area contributed by atoms with Crippen molar-refractivity contribution in [2.45, 2.75) is 6.42 Å². The monoisotopic (exact) mass is 504 g/mol. The summed E-state index contributed by atoms with van der Waals surface area (Å²) < 4.78 is 0. The maximum atomic E-state index is 12.2. The molecule has 0 atom stereocenters. The maximum Gasteiger partial charge on any atom is 0.323 e. The Morgan fingerprint density at radius 3 is 1.00 bits per heavy atom. The molecule has 8 heteroatoms. The Labute approximate surface area is 213 Å². The van der Waals surface area contributed by atoms with E-state index in [-0.39, 0.29) is 12.1 Å². The summed E-state index contributed by atoms with van der Waals surface area (Å²) in [6.45, 7) is 0. The minimum atomic E-state index is -0.330. The Hall–Kier alpha value is -4.00. The molecule has 0 radical (unpaired) electrons. The van der Waals surface area contributed by atoms with Crippen LogP contribution in [0.15, 0.2) is 97.1 Å². The number of amides is 4. The van der Waals surface area contributed by atoms with Crippen LogP contribution in [-0.2, 0) is 6.42 Å². The zero-order valence-corrected chi connectivity index (χ0v) is 20.0. The zero-order valence-electron chi connectivity index (χ0n) is 18.5. The molecule has 4 aromatic carbocycles. The van der Waals surface area contributed by atoms with E-state index < -0.39 is 0 Å². The maximum absolute atomic E-state index is 12.2. The van der Waals surface area contributed by atoms with E-state index in [2.05, 4.69) is 21.3 Å². The summed E-state index contributed by atoms with van der Waals surface area (Å²) >= 11 is 11.7. The van der Waals surface area contributed by atoms with E-state index in [1.807, 2.05) is 48.5 Å². The minimum absolute atomic E-state index is 0.330. The van der Waals surface area contributed by atoms with Crippen molar-refractivity contribution in [2.75, 3.05) is 21.3 Å². The van der Waals surface area contributed by atoms with Crippen LogP contribution in [0.5, 0.6) is 0 Å². The molecule has 0 unspecified atom stereocenters. The van der Waals surface area contributed by atoms with Gasteiger partial charge >= 0.3 is 12.1 Å². The second-order valence-corrected chi connectivity index (χ2v) is 8.62. The van der Waals surface area contributed by atoms with Crippen LogP contribution in [-0.4, -0.2) is 12.1 Å². The summed E-state index contributed by atoms with van der Waals surface area (Å²) in [4.78, 5) is 24.3. The minimum Gasteiger partial charge on any atom is -0.308 e. The largest absolute Gasteiger partial charge is 0.323 e. The summed E-state index contributed by atoms with van der Waals surface area (Å²) in [6.07, 6.45) is 0.717. The summed E-state index contributed by atoms with van der Waals surface area (Å²) in [5.74, 6) is 0. The fourth-order valence-electron chi connectivity index (χ4n) is 3.30. The van der Waals surface area contributed by atoms with Crippen LogP contribution in [0.2, 0.25) is 10.0 Å². The van der Waals surface area contributed by atoms with E-state index in [0.29, 0.717) is 39.2 Å². The number of hydrogen-bond donors (Lipinski definition) is 4. The molecule has 4 rings (SSSR count). The van der Waals surface area contributed by atoms with Crippen molar-refractivity contribution in [3.8, 4) is 0 Å². The highest BCUT2D eigenvalue weighted by Crippen LogP contribution is 2.18. The van der Waals surface area contributed by atoms with Crippen molar-refractivity contribution >= 4 is 58.0 Å². The van der Waals surface area contributed by atoms with Crippen molar-refractivity contribution < 1.29 is 9.59 Å². The van der Waals surface area contributed by atoms with Crippen molar-refractivity contribution in [1.82, 2.24) is 0 Å². The molecule has 0 aliphatic heterocycles. The van der Waals surface area contributed by atoms with Gasteiger partial charge in [0.25, 0.3) is 0 Å². The van der Waals surface area contributed by atoms with Gasteiger partial charge < -0.3 is 21.3 Å². The molecule has 0 spiro atoms. The molecule has 0 saturated carbocycles. The number of carbonyl (C=O) groups is 2. The van der Waals surface area contributed by atoms with Gasteiger partial charge in [-0.1, -0.05) is 47.5 Å². The molecule has 0 bridgehead atoms. The van der Waals surface area contributed by atoms with Gasteiger partial charge in [0.1, 0.15) is 0 Å². The van der Waals surface area contributed by atoms with E-state index in [4.69, 9.17) is 23.2 Å². The number of halogens is 2. The predicted octanol–water partition coefficient (Wildman–Crippen LogP) is 7.87. The van der Waals surface area contributed by atoms with Crippen LogP contribution in [0.3, 0.4) is 0 Å². The van der Waals surface area contributed by atoms with Crippen molar-refractivity contribution in [3.05, 3.63) is 118 Å². The molecule has 0 heterocycles. The van der Waals surface area contributed by atoms with Gasteiger partial charge in [-0.05, 0) is 90.3 Å². The Bertz CT molecular complexity index is 1190. The third kappa shape index (κ3) is 7.50. The van der Waals surface area contributed by atoms with E-state index in [1.165, 1.54) is 0 Å². The molecule has 0 aromatic heterocycles. The number of anilines is 4. The second kappa shape index (κ2) is 11.4. The molecule has 6 nitrogen and oxygen atoms in total. The Morgan fingerprint density at radius 2 is 0.714 bits per heavy atom. The number of hydrogen-bond acceptors (Lipinski definition) is 2. The highest BCUT2D eigenvalue weighted by Gasteiger charge is 2.05. The zero-order chi connectivity index (χ0) is 24.6. The molecular weight excluding hydrogens is 483 g/mol. The van der Waals surface area contributed by atoms with Gasteiger partial charge in [0.2, 0.25) is 0 Å². The standard InChI is InChI=1S/C27H22Cl2N4O2/c28-20-5-13-24(14-6-20)32-26(34)30-22-9-1-18(2-10-22)17-19-3-11-23(12-4-19)31-27(35)33-25-15-7-21(29)8-16-25/h1-16H,17H2,(H2,30,32,34)(H2,31,33,35). The molecule has 4 amide bonds. The average molecular weight is 505 g/mol. The van der Waals surface area contributed by atoms with E-state index >= 15 is 0 Å². The summed E-state index contributed by atoms with van der Waals surface area (Å²) in [5.41, 5.74) is 4.87. The van der Waals surface area contributed by atoms with Gasteiger partial charge in [0.05, 0.1) is 0 Å². The lowest BCUT2D eigenvalue weighted by atomic mass is 10.0. The van der Waals surface area contributed by atoms with Gasteiger partial charge in [-0.15, -0.1) is 0 Å². The topological polar surface area (TPSA) is 82.3 Å². The Kier molecular flexibility index (Phi) is 7.88. The molecule has 35 heavy (non-hydrogen) atoms. The Morgan fingerprint density at radius 1 is 0.457 bits per heavy atom. The molecule has 4 N–H and O–H groups in total. The van der Waals surface area contributed by atoms with Crippen LogP contribution in [0.25, 0.3) is 0 Å². The molecular formula is C27H22Cl2N4O2. The quantitative estimate of drug-likeness (QED) is 0.215. The van der Waals surface area contributed by atoms with Crippen molar-refractivity contribution in [1.29, 1.82) is 0 Å². The third-order valence-corrected chi connectivity index (χ3v) is 5.54. The summed E-state index contributed by atoms with van der Waals surface area (Å²) in [5, 5.41) is 12.3. The number of benzene rings is 4. The fourth-order valence-corrected chi connectivity index (χ4v) is 3.55. The fraction of sp³-hybridized carbons (Fsp3) is 0.0370. The first-order valence-electron chi connectivity index (χ1n) is 10.8. The van der Waals surface area contributed by atoms with Gasteiger partial charge in [-0.3, -0.25) is 0 Å². The van der Waals surface area contributed by atoms with Crippen molar-refractivity contribution in [2.24, 2.45) is 0 Å². The van der Waals surface area contributed by atoms with Gasteiger partial charge in [0, 0.05) is 32.8 Å². The van der Waals surface area contributed by atoms with E-state index in [9.17, 15) is 9.59 Å². The van der Waals surface area contributed by atoms with E-state index in [1.54, 1.807) is 48.5 Å². The molecule has 4 aromatic rings. The van der Waals surface area contributed by atoms with Gasteiger partial charge in [-0.25, -0.2) is 9.59 Å². The smallest absolute Gasteiger partial charge is 0.308 e. The molecule has 176 valence electrons. The summed E-state index contributed by atoms with van der Waals surface area (Å²) in [7, 11) is 0. The molecule has 0 aliphatic carbocycles. The molecule has 0 saturated heterocycles. The second-order valence-electron chi connectivity index (χ2n) is 7.74. The Balaban J connectivity index is 1.26. The highest BCUT2D eigenvalue weighted by atomic mass is 35.5. The normalized spacial score (nSPS) is 10.3. The lowest BCUT2D eigenvalue weighted by Gasteiger charge is -2.10. The average Bonchev–Trinajstić information content (AvgIpc) is 2.84. The predicted molar refractivity (Wildman–Crippen MR) is 144 cm³/mol. The van der Waals surface area contributed by atoms with Crippen LogP contribution < -0.4 is 21.3 Å². The number of rotatable bonds is 6. The third-order valence-electron chi connectivity index (χ3n) is 5.04. The van der Waals surface area contributed by atoms with Gasteiger partial charge in [-0.2, -0.15) is 0 Å². The number of nitrogens with one attached hydrogen (secondary N) is 4. The van der Waals surface area contributed by atoms with Crippen molar-refractivity contribution in [3.63, 3.8) is 0 Å². The SMILES string of the molecule is O=C(Nc1ccc(Cl)cc1)Nc1ccc(Cc2ccc(NC(=O)Nc3ccc(Cl)cc3)cc2)cc1. The van der Waals surface area contributed by atoms with Crippen LogP contribution >= 0.6 is 23.2 Å². The van der Waals surface area contributed by atoms with E-state index in [0.717, 1.165) is 11.1 Å². The highest BCUT2D eigenvalue weighted by molar-refractivity contribution is 6.31. The lowest BCUT2D eigenvalue weighted by Crippen LogP contribution is -2.19. The first-order chi connectivity index (χ1) is 16.9. The van der Waals surface area contributed by atoms with Crippen LogP contribution in [0.4, 0.5) is 32.3 Å². The number of carbonyl (C=O) groups excluding carboxylic acids is 2.